The van der Waals surface area contributed by atoms with Crippen LogP contribution in [0.4, 0.5) is 5.69 Å². The van der Waals surface area contributed by atoms with Gasteiger partial charge in [-0.1, -0.05) is 31.2 Å². The lowest BCUT2D eigenvalue weighted by Gasteiger charge is -2.28. The Balaban J connectivity index is 0.00000118. The van der Waals surface area contributed by atoms with E-state index in [0.717, 1.165) is 73.9 Å². The summed E-state index contributed by atoms with van der Waals surface area (Å²) in [5.74, 6) is 0.635. The summed E-state index contributed by atoms with van der Waals surface area (Å²) in [5, 5.41) is 2.21. The second-order valence-corrected chi connectivity index (χ2v) is 12.6. The highest BCUT2D eigenvalue weighted by Crippen LogP contribution is 2.36. The number of H-pyrrole nitrogens is 1. The van der Waals surface area contributed by atoms with Crippen LogP contribution in [0.25, 0.3) is 10.9 Å². The molecule has 1 fully saturated rings. The Hall–Kier alpha value is -2.78. The monoisotopic (exact) mass is 607 g/mol. The molecule has 1 N–H and O–H groups in total. The molecule has 2 aromatic heterocycles. The zero-order valence-corrected chi connectivity index (χ0v) is 24.9. The number of hydrogen-bond acceptors (Lipinski definition) is 10. The van der Waals surface area contributed by atoms with E-state index < -0.39 is 21.6 Å². The molecule has 2 aliphatic heterocycles. The van der Waals surface area contributed by atoms with E-state index in [1.165, 1.54) is 16.6 Å². The first-order chi connectivity index (χ1) is 19.4. The maximum atomic E-state index is 13.4. The van der Waals surface area contributed by atoms with E-state index in [-0.39, 0.29) is 5.03 Å². The second-order valence-electron chi connectivity index (χ2n) is 9.30. The number of sulfonamides is 1. The molecule has 2 aliphatic rings. The first-order valence-corrected chi connectivity index (χ1v) is 16.0. The summed E-state index contributed by atoms with van der Waals surface area (Å²) in [7, 11) is -2.31. The number of aromatic amines is 1. The van der Waals surface area contributed by atoms with Crippen molar-refractivity contribution in [2.45, 2.75) is 30.0 Å². The maximum absolute atomic E-state index is 13.4. The summed E-state index contributed by atoms with van der Waals surface area (Å²) in [6.45, 7) is 7.91. The van der Waals surface area contributed by atoms with E-state index in [0.29, 0.717) is 23.3 Å². The van der Waals surface area contributed by atoms with Crippen LogP contribution in [0.5, 0.6) is 5.75 Å². The molecule has 0 aliphatic carbocycles. The van der Waals surface area contributed by atoms with Crippen molar-refractivity contribution in [3.05, 3.63) is 48.3 Å². The standard InChI is InChI=1S/C26H33N5O4S2.O2S/c1-3-4-11-35-20-14-19-15-22(26-28-17-21(36-26)18-31-9-12-34-13-10-31)29-25(19)23(16-20)30(2)37(32,33)24-7-5-6-8-27-24;1-3-2/h5-8,14-16,21,29H,3-4,9-13,17-18H2,1-2H3;. The number of morpholine rings is 1. The number of pyridine rings is 1. The molecule has 3 aromatic rings. The number of ether oxygens (including phenoxy) is 2. The highest BCUT2D eigenvalue weighted by molar-refractivity contribution is 8.15. The number of benzene rings is 1. The fraction of sp³-hybridized carbons (Fsp3) is 0.462. The Bertz CT molecular complexity index is 1450. The molecule has 11 nitrogen and oxygen atoms in total. The average Bonchev–Trinajstić information content (AvgIpc) is 3.61. The minimum Gasteiger partial charge on any atom is -0.493 e. The van der Waals surface area contributed by atoms with E-state index in [1.807, 2.05) is 12.1 Å². The SMILES string of the molecule is CCCCOc1cc(N(C)S(=O)(=O)c2ccccn2)c2[nH]c(C3=NCC(CN4CCOCC4)S3)cc2c1.O=S=O. The molecule has 1 unspecified atom stereocenters. The Kier molecular flexibility index (Phi) is 10.7. The normalized spacial score (nSPS) is 17.6. The van der Waals surface area contributed by atoms with Gasteiger partial charge in [-0.2, -0.15) is 16.8 Å². The summed E-state index contributed by atoms with van der Waals surface area (Å²) in [4.78, 5) is 14.8. The van der Waals surface area contributed by atoms with Crippen LogP contribution in [0.2, 0.25) is 0 Å². The largest absolute Gasteiger partial charge is 0.493 e. The van der Waals surface area contributed by atoms with Gasteiger partial charge in [-0.3, -0.25) is 14.2 Å². The van der Waals surface area contributed by atoms with Crippen LogP contribution >= 0.6 is 11.8 Å². The molecule has 1 saturated heterocycles. The first-order valence-electron chi connectivity index (χ1n) is 13.0. The lowest BCUT2D eigenvalue weighted by Crippen LogP contribution is -2.40. The van der Waals surface area contributed by atoms with Gasteiger partial charge in [0.25, 0.3) is 10.0 Å². The predicted octanol–water partition coefficient (Wildman–Crippen LogP) is 3.09. The van der Waals surface area contributed by atoms with Crippen molar-refractivity contribution in [1.29, 1.82) is 0 Å². The van der Waals surface area contributed by atoms with Gasteiger partial charge in [-0.15, -0.1) is 0 Å². The Morgan fingerprint density at radius 2 is 2.00 bits per heavy atom. The van der Waals surface area contributed by atoms with Crippen molar-refractivity contribution in [3.8, 4) is 5.75 Å². The van der Waals surface area contributed by atoms with Crippen molar-refractivity contribution in [2.75, 3.05) is 57.4 Å². The van der Waals surface area contributed by atoms with Crippen molar-refractivity contribution < 1.29 is 26.3 Å². The van der Waals surface area contributed by atoms with E-state index in [9.17, 15) is 8.42 Å². The minimum atomic E-state index is -3.86. The fourth-order valence-electron chi connectivity index (χ4n) is 4.48. The van der Waals surface area contributed by atoms with E-state index in [1.54, 1.807) is 37.0 Å². The van der Waals surface area contributed by atoms with Crippen LogP contribution in [0, 0.1) is 0 Å². The van der Waals surface area contributed by atoms with E-state index in [2.05, 4.69) is 21.8 Å². The third kappa shape index (κ3) is 7.29. The number of aliphatic imine (C=N–C) groups is 1. The number of thioether (sulfide) groups is 1. The van der Waals surface area contributed by atoms with Gasteiger partial charge in [0.2, 0.25) is 0 Å². The van der Waals surface area contributed by atoms with E-state index in [4.69, 9.17) is 22.9 Å². The third-order valence-corrected chi connectivity index (χ3v) is 9.45. The maximum Gasteiger partial charge on any atom is 0.335 e. The van der Waals surface area contributed by atoms with Crippen LogP contribution < -0.4 is 9.04 Å². The molecule has 0 bridgehead atoms. The highest BCUT2D eigenvalue weighted by atomic mass is 32.2. The topological polar surface area (TPSA) is 134 Å². The molecule has 0 saturated carbocycles. The zero-order chi connectivity index (χ0) is 28.5. The van der Waals surface area contributed by atoms with Crippen LogP contribution in [0.15, 0.2) is 52.6 Å². The van der Waals surface area contributed by atoms with Crippen LogP contribution in [-0.4, -0.2) is 95.0 Å². The average molecular weight is 608 g/mol. The lowest BCUT2D eigenvalue weighted by molar-refractivity contribution is 0.0385. The number of fused-ring (bicyclic) bond motifs is 1. The fourth-order valence-corrected chi connectivity index (χ4v) is 6.75. The predicted molar refractivity (Wildman–Crippen MR) is 157 cm³/mol. The van der Waals surface area contributed by atoms with Gasteiger partial charge in [0.05, 0.1) is 43.3 Å². The Morgan fingerprint density at radius 3 is 2.70 bits per heavy atom. The van der Waals surface area contributed by atoms with Gasteiger partial charge >= 0.3 is 11.6 Å². The van der Waals surface area contributed by atoms with Crippen LogP contribution in [0.1, 0.15) is 25.5 Å². The number of anilines is 1. The first kappa shape index (κ1) is 30.2. The van der Waals surface area contributed by atoms with Gasteiger partial charge in [0.15, 0.2) is 5.03 Å². The Morgan fingerprint density at radius 1 is 1.23 bits per heavy atom. The summed E-state index contributed by atoms with van der Waals surface area (Å²) in [6, 6.07) is 10.6. The van der Waals surface area contributed by atoms with Gasteiger partial charge in [0.1, 0.15) is 10.8 Å². The van der Waals surface area contributed by atoms with Gasteiger partial charge in [-0.05, 0) is 30.7 Å². The van der Waals surface area contributed by atoms with Gasteiger partial charge in [-0.25, -0.2) is 4.98 Å². The minimum absolute atomic E-state index is 0.00332. The molecular formula is C26H33N5O6S3. The molecule has 14 heteroatoms. The molecular weight excluding hydrogens is 575 g/mol. The molecule has 0 spiro atoms. The van der Waals surface area contributed by atoms with Gasteiger partial charge in [0, 0.05) is 49.6 Å². The van der Waals surface area contributed by atoms with Crippen molar-refractivity contribution in [3.63, 3.8) is 0 Å². The van der Waals surface area contributed by atoms with Crippen LogP contribution in [0.3, 0.4) is 0 Å². The van der Waals surface area contributed by atoms with Crippen molar-refractivity contribution >= 4 is 55.0 Å². The number of rotatable bonds is 10. The van der Waals surface area contributed by atoms with Gasteiger partial charge < -0.3 is 14.5 Å². The quantitative estimate of drug-likeness (QED) is 0.345. The molecule has 0 radical (unpaired) electrons. The molecule has 4 heterocycles. The molecule has 216 valence electrons. The third-order valence-electron chi connectivity index (χ3n) is 6.56. The highest BCUT2D eigenvalue weighted by Gasteiger charge is 2.28. The number of nitrogens with one attached hydrogen (secondary N) is 1. The summed E-state index contributed by atoms with van der Waals surface area (Å²) in [6.07, 6.45) is 3.42. The smallest absolute Gasteiger partial charge is 0.335 e. The second kappa shape index (κ2) is 14.2. The molecule has 5 rings (SSSR count). The zero-order valence-electron chi connectivity index (χ0n) is 22.4. The molecule has 1 atom stereocenters. The number of nitrogens with zero attached hydrogens (tertiary/aromatic N) is 4. The number of aromatic nitrogens is 2. The van der Waals surface area contributed by atoms with Crippen molar-refractivity contribution in [1.82, 2.24) is 14.9 Å². The number of unbranched alkanes of at least 4 members (excludes halogenated alkanes) is 1. The Labute approximate surface area is 242 Å². The van der Waals surface area contributed by atoms with Crippen molar-refractivity contribution in [2.24, 2.45) is 4.99 Å². The molecule has 1 aromatic carbocycles. The summed E-state index contributed by atoms with van der Waals surface area (Å²) >= 11 is 1.02. The van der Waals surface area contributed by atoms with Crippen LogP contribution in [-0.2, 0) is 26.3 Å². The van der Waals surface area contributed by atoms with E-state index >= 15 is 0 Å². The molecule has 0 amide bonds. The number of hydrogen-bond donors (Lipinski definition) is 1. The lowest BCUT2D eigenvalue weighted by atomic mass is 10.2. The summed E-state index contributed by atoms with van der Waals surface area (Å²) in [5.41, 5.74) is 2.12. The molecule has 40 heavy (non-hydrogen) atoms. The summed E-state index contributed by atoms with van der Waals surface area (Å²) < 4.78 is 56.1.